The summed E-state index contributed by atoms with van der Waals surface area (Å²) in [7, 11) is 0. The number of ether oxygens (including phenoxy) is 1. The molecule has 1 unspecified atom stereocenters. The first-order valence-electron chi connectivity index (χ1n) is 13.5. The zero-order chi connectivity index (χ0) is 26.7. The molecule has 1 atom stereocenters. The Morgan fingerprint density at radius 1 is 1.11 bits per heavy atom. The minimum absolute atomic E-state index is 0.00268. The summed E-state index contributed by atoms with van der Waals surface area (Å²) >= 11 is 0. The fraction of sp³-hybridized carbons (Fsp3) is 0.467. The van der Waals surface area contributed by atoms with E-state index in [0.717, 1.165) is 56.3 Å². The van der Waals surface area contributed by atoms with Gasteiger partial charge in [0.05, 0.1) is 37.2 Å². The van der Waals surface area contributed by atoms with E-state index in [9.17, 15) is 9.59 Å². The maximum atomic E-state index is 15.4. The maximum Gasteiger partial charge on any atom is 0.239 e. The van der Waals surface area contributed by atoms with Crippen molar-refractivity contribution in [1.82, 2.24) is 10.2 Å². The van der Waals surface area contributed by atoms with Crippen molar-refractivity contribution >= 4 is 23.1 Å². The van der Waals surface area contributed by atoms with Crippen molar-refractivity contribution in [3.8, 4) is 0 Å². The number of hydrogen-bond donors (Lipinski definition) is 2. The number of benzene rings is 2. The summed E-state index contributed by atoms with van der Waals surface area (Å²) < 4.78 is 20.8. The zero-order valence-corrected chi connectivity index (χ0v) is 22.3. The standard InChI is InChI=1S/C30H37FN4O3/c1-30(2)18-24-28(26(36)19-30)29(21-8-3-4-9-22(21)31)35(25-11-6-5-10-23(25)33-24)20-27(37)32-12-7-13-34-14-16-38-17-15-34/h3-6,8-11,29,33H,7,12-20H2,1-2H3,(H,32,37). The van der Waals surface area contributed by atoms with Crippen LogP contribution in [-0.2, 0) is 14.3 Å². The lowest BCUT2D eigenvalue weighted by Gasteiger charge is -2.38. The average molecular weight is 521 g/mol. The Morgan fingerprint density at radius 3 is 2.63 bits per heavy atom. The smallest absolute Gasteiger partial charge is 0.239 e. The van der Waals surface area contributed by atoms with Crippen molar-refractivity contribution in [2.24, 2.45) is 5.41 Å². The monoisotopic (exact) mass is 520 g/mol. The number of nitrogens with one attached hydrogen (secondary N) is 2. The van der Waals surface area contributed by atoms with Crippen LogP contribution < -0.4 is 15.5 Å². The highest BCUT2D eigenvalue weighted by atomic mass is 19.1. The minimum Gasteiger partial charge on any atom is -0.379 e. The van der Waals surface area contributed by atoms with Crippen molar-refractivity contribution < 1.29 is 18.7 Å². The number of carbonyl (C=O) groups is 2. The molecule has 3 aliphatic rings. The highest BCUT2D eigenvalue weighted by Gasteiger charge is 2.42. The van der Waals surface area contributed by atoms with Crippen molar-refractivity contribution in [3.63, 3.8) is 0 Å². The van der Waals surface area contributed by atoms with Crippen molar-refractivity contribution in [3.05, 3.63) is 71.2 Å². The molecular weight excluding hydrogens is 483 g/mol. The first-order chi connectivity index (χ1) is 18.3. The predicted octanol–water partition coefficient (Wildman–Crippen LogP) is 4.28. The molecule has 1 aliphatic carbocycles. The summed E-state index contributed by atoms with van der Waals surface area (Å²) in [5, 5.41) is 6.56. The molecule has 2 heterocycles. The van der Waals surface area contributed by atoms with Crippen LogP contribution >= 0.6 is 0 Å². The summed E-state index contributed by atoms with van der Waals surface area (Å²) in [6, 6.07) is 13.6. The van der Waals surface area contributed by atoms with E-state index in [2.05, 4.69) is 29.4 Å². The van der Waals surface area contributed by atoms with Crippen LogP contribution in [0.5, 0.6) is 0 Å². The van der Waals surface area contributed by atoms with Gasteiger partial charge in [0.15, 0.2) is 5.78 Å². The molecule has 0 spiro atoms. The van der Waals surface area contributed by atoms with E-state index in [-0.39, 0.29) is 23.7 Å². The molecule has 0 aromatic heterocycles. The van der Waals surface area contributed by atoms with Crippen LogP contribution in [0.15, 0.2) is 59.8 Å². The van der Waals surface area contributed by atoms with E-state index in [1.807, 2.05) is 29.2 Å². The normalized spacial score (nSPS) is 21.3. The van der Waals surface area contributed by atoms with Crippen LogP contribution in [0.25, 0.3) is 0 Å². The van der Waals surface area contributed by atoms with Gasteiger partial charge < -0.3 is 20.3 Å². The molecule has 5 rings (SSSR count). The molecule has 8 heteroatoms. The minimum atomic E-state index is -0.718. The lowest BCUT2D eigenvalue weighted by molar-refractivity contribution is -0.120. The van der Waals surface area contributed by atoms with Gasteiger partial charge in [-0.15, -0.1) is 0 Å². The molecule has 2 aliphatic heterocycles. The Morgan fingerprint density at radius 2 is 1.84 bits per heavy atom. The van der Waals surface area contributed by atoms with Gasteiger partial charge in [-0.1, -0.05) is 44.2 Å². The van der Waals surface area contributed by atoms with E-state index < -0.39 is 11.9 Å². The van der Waals surface area contributed by atoms with E-state index >= 15 is 4.39 Å². The Bertz CT molecular complexity index is 1220. The number of halogens is 1. The van der Waals surface area contributed by atoms with Crippen LogP contribution in [-0.4, -0.2) is 62.5 Å². The molecule has 0 radical (unpaired) electrons. The van der Waals surface area contributed by atoms with Crippen LogP contribution in [0.1, 0.15) is 44.7 Å². The third kappa shape index (κ3) is 5.76. The topological polar surface area (TPSA) is 73.9 Å². The maximum absolute atomic E-state index is 15.4. The molecule has 38 heavy (non-hydrogen) atoms. The number of amides is 1. The number of anilines is 2. The molecular formula is C30H37FN4O3. The van der Waals surface area contributed by atoms with Gasteiger partial charge in [0.2, 0.25) is 5.91 Å². The summed E-state index contributed by atoms with van der Waals surface area (Å²) in [6.45, 7) is 8.94. The lowest BCUT2D eigenvalue weighted by atomic mass is 9.73. The fourth-order valence-corrected chi connectivity index (χ4v) is 5.81. The summed E-state index contributed by atoms with van der Waals surface area (Å²) in [5.41, 5.74) is 3.11. The van der Waals surface area contributed by atoms with Crippen molar-refractivity contribution in [1.29, 1.82) is 0 Å². The molecule has 1 amide bonds. The van der Waals surface area contributed by atoms with Gasteiger partial charge in [0.25, 0.3) is 0 Å². The number of hydrogen-bond acceptors (Lipinski definition) is 6. The number of ketones is 1. The summed E-state index contributed by atoms with van der Waals surface area (Å²) in [4.78, 5) is 31.2. The van der Waals surface area contributed by atoms with E-state index in [0.29, 0.717) is 30.5 Å². The largest absolute Gasteiger partial charge is 0.379 e. The number of carbonyl (C=O) groups excluding carboxylic acids is 2. The summed E-state index contributed by atoms with van der Waals surface area (Å²) in [6.07, 6.45) is 1.87. The number of para-hydroxylation sites is 2. The SMILES string of the molecule is CC1(C)CC(=O)C2=C(C1)Nc1ccccc1N(CC(=O)NCCCN1CCOCC1)C2c1ccccc1F. The van der Waals surface area contributed by atoms with Crippen LogP contribution in [0.4, 0.5) is 15.8 Å². The molecule has 202 valence electrons. The Hall–Kier alpha value is -3.23. The van der Waals surface area contributed by atoms with Gasteiger partial charge in [-0.2, -0.15) is 0 Å². The second kappa shape index (κ2) is 11.3. The third-order valence-corrected chi connectivity index (χ3v) is 7.59. The van der Waals surface area contributed by atoms with Crippen LogP contribution in [0.2, 0.25) is 0 Å². The summed E-state index contributed by atoms with van der Waals surface area (Å²) in [5.74, 6) is -0.561. The first kappa shape index (κ1) is 26.4. The molecule has 7 nitrogen and oxygen atoms in total. The Balaban J connectivity index is 1.45. The Kier molecular flexibility index (Phi) is 7.81. The quantitative estimate of drug-likeness (QED) is 0.531. The number of allylic oxidation sites excluding steroid dienone is 1. The van der Waals surface area contributed by atoms with Gasteiger partial charge in [-0.25, -0.2) is 4.39 Å². The van der Waals surface area contributed by atoms with Crippen LogP contribution in [0, 0.1) is 11.2 Å². The molecule has 0 bridgehead atoms. The molecule has 0 saturated carbocycles. The first-order valence-corrected chi connectivity index (χ1v) is 13.5. The van der Waals surface area contributed by atoms with E-state index in [4.69, 9.17) is 4.74 Å². The Labute approximate surface area is 224 Å². The molecule has 1 saturated heterocycles. The van der Waals surface area contributed by atoms with Crippen molar-refractivity contribution in [2.75, 3.05) is 56.2 Å². The number of rotatable bonds is 7. The predicted molar refractivity (Wildman–Crippen MR) is 146 cm³/mol. The van der Waals surface area contributed by atoms with Gasteiger partial charge in [0, 0.05) is 42.9 Å². The van der Waals surface area contributed by atoms with Crippen molar-refractivity contribution in [2.45, 2.75) is 39.2 Å². The lowest BCUT2D eigenvalue weighted by Crippen LogP contribution is -2.43. The number of morpholine rings is 1. The highest BCUT2D eigenvalue weighted by Crippen LogP contribution is 2.48. The number of Topliss-reactive ketones (excluding diaryl/α,β-unsaturated/α-hetero) is 1. The fourth-order valence-electron chi connectivity index (χ4n) is 5.81. The van der Waals surface area contributed by atoms with Crippen LogP contribution in [0.3, 0.4) is 0 Å². The average Bonchev–Trinajstić information content (AvgIpc) is 3.01. The highest BCUT2D eigenvalue weighted by molar-refractivity contribution is 6.01. The van der Waals surface area contributed by atoms with E-state index in [1.54, 1.807) is 18.2 Å². The van der Waals surface area contributed by atoms with E-state index in [1.165, 1.54) is 6.07 Å². The van der Waals surface area contributed by atoms with Gasteiger partial charge in [-0.05, 0) is 43.0 Å². The number of fused-ring (bicyclic) bond motifs is 1. The molecule has 2 N–H and O–H groups in total. The number of nitrogens with zero attached hydrogens (tertiary/aromatic N) is 2. The van der Waals surface area contributed by atoms with Gasteiger partial charge in [0.1, 0.15) is 5.82 Å². The van der Waals surface area contributed by atoms with Gasteiger partial charge >= 0.3 is 0 Å². The molecule has 2 aromatic carbocycles. The zero-order valence-electron chi connectivity index (χ0n) is 22.3. The third-order valence-electron chi connectivity index (χ3n) is 7.59. The molecule has 1 fully saturated rings. The van der Waals surface area contributed by atoms with Gasteiger partial charge in [-0.3, -0.25) is 14.5 Å². The second-order valence-electron chi connectivity index (χ2n) is 11.2. The second-order valence-corrected chi connectivity index (χ2v) is 11.2. The molecule has 2 aromatic rings.